The molecule has 4 nitrogen and oxygen atoms in total. The minimum absolute atomic E-state index is 0.0115. The van der Waals surface area contributed by atoms with Gasteiger partial charge in [0.15, 0.2) is 0 Å². The first-order valence-electron chi connectivity index (χ1n) is 7.01. The van der Waals surface area contributed by atoms with E-state index in [-0.39, 0.29) is 17.4 Å². The normalized spacial score (nSPS) is 41.1. The number of rotatable bonds is 5. The zero-order valence-corrected chi connectivity index (χ0v) is 12.0. The number of carbonyl (C=O) groups excluding carboxylic acids is 1. The zero-order valence-electron chi connectivity index (χ0n) is 12.0. The largest absolute Gasteiger partial charge is 0.378 e. The fourth-order valence-electron chi connectivity index (χ4n) is 2.89. The predicted molar refractivity (Wildman–Crippen MR) is 71.0 cm³/mol. The van der Waals surface area contributed by atoms with Crippen LogP contribution in [0.2, 0.25) is 0 Å². The number of hydrogen-bond acceptors (Lipinski definition) is 3. The predicted octanol–water partition coefficient (Wildman–Crippen LogP) is 1.29. The molecule has 4 atom stereocenters. The van der Waals surface area contributed by atoms with E-state index in [0.717, 1.165) is 12.5 Å². The van der Waals surface area contributed by atoms with Crippen LogP contribution in [-0.4, -0.2) is 30.7 Å². The maximum absolute atomic E-state index is 12.3. The topological polar surface area (TPSA) is 64.3 Å². The van der Waals surface area contributed by atoms with Crippen LogP contribution in [0.25, 0.3) is 0 Å². The Labute approximate surface area is 110 Å². The van der Waals surface area contributed by atoms with Crippen LogP contribution in [0.1, 0.15) is 40.5 Å². The number of nitrogens with one attached hydrogen (secondary N) is 1. The van der Waals surface area contributed by atoms with Gasteiger partial charge in [0.25, 0.3) is 0 Å². The van der Waals surface area contributed by atoms with Gasteiger partial charge in [-0.15, -0.1) is 0 Å². The Bertz CT molecular complexity index is 343. The third-order valence-corrected chi connectivity index (χ3v) is 5.04. The highest BCUT2D eigenvalue weighted by Crippen LogP contribution is 2.50. The van der Waals surface area contributed by atoms with Crippen molar-refractivity contribution >= 4 is 5.91 Å². The van der Waals surface area contributed by atoms with E-state index < -0.39 is 5.54 Å². The van der Waals surface area contributed by atoms with Gasteiger partial charge in [-0.1, -0.05) is 20.8 Å². The second-order valence-corrected chi connectivity index (χ2v) is 6.52. The first-order valence-corrected chi connectivity index (χ1v) is 7.01. The van der Waals surface area contributed by atoms with Crippen molar-refractivity contribution in [2.24, 2.45) is 23.0 Å². The fraction of sp³-hybridized carbons (Fsp3) is 0.929. The van der Waals surface area contributed by atoms with Gasteiger partial charge in [-0.2, -0.15) is 0 Å². The molecular formula is C14H26N2O2. The first-order chi connectivity index (χ1) is 8.33. The summed E-state index contributed by atoms with van der Waals surface area (Å²) in [6.45, 7) is 9.68. The molecule has 4 heteroatoms. The number of ether oxygens (including phenoxy) is 1. The minimum atomic E-state index is -0.773. The summed E-state index contributed by atoms with van der Waals surface area (Å²) >= 11 is 0. The standard InChI is InChI=1S/C14H26N2O2/c1-5-18-11-7-14(15,13(11,3)4)12(17)16-8-10-6-9(10)2/h9-11H,5-8,15H2,1-4H3,(H,16,17). The van der Waals surface area contributed by atoms with Crippen LogP contribution in [-0.2, 0) is 9.53 Å². The quantitative estimate of drug-likeness (QED) is 0.777. The highest BCUT2D eigenvalue weighted by atomic mass is 16.5. The molecule has 0 aliphatic heterocycles. The molecule has 104 valence electrons. The van der Waals surface area contributed by atoms with Crippen LogP contribution < -0.4 is 11.1 Å². The monoisotopic (exact) mass is 254 g/mol. The molecule has 2 aliphatic rings. The van der Waals surface area contributed by atoms with Crippen LogP contribution in [0, 0.1) is 17.3 Å². The van der Waals surface area contributed by atoms with Gasteiger partial charge in [0.1, 0.15) is 5.54 Å². The number of carbonyl (C=O) groups is 1. The van der Waals surface area contributed by atoms with Crippen molar-refractivity contribution in [3.63, 3.8) is 0 Å². The highest BCUT2D eigenvalue weighted by Gasteiger charge is 2.62. The molecule has 0 bridgehead atoms. The average Bonchev–Trinajstić information content (AvgIpc) is 3.01. The molecule has 0 aromatic heterocycles. The number of amides is 1. The maximum atomic E-state index is 12.3. The summed E-state index contributed by atoms with van der Waals surface area (Å²) in [6, 6.07) is 0. The van der Waals surface area contributed by atoms with Gasteiger partial charge < -0.3 is 15.8 Å². The molecule has 2 aliphatic carbocycles. The Balaban J connectivity index is 1.89. The molecule has 0 aromatic rings. The van der Waals surface area contributed by atoms with Crippen LogP contribution in [0.15, 0.2) is 0 Å². The van der Waals surface area contributed by atoms with Gasteiger partial charge in [0, 0.05) is 25.0 Å². The van der Waals surface area contributed by atoms with Crippen molar-refractivity contribution in [3.8, 4) is 0 Å². The Morgan fingerprint density at radius 1 is 1.50 bits per heavy atom. The molecule has 2 rings (SSSR count). The van der Waals surface area contributed by atoms with Gasteiger partial charge in [-0.25, -0.2) is 0 Å². The van der Waals surface area contributed by atoms with Gasteiger partial charge in [-0.05, 0) is 25.2 Å². The zero-order chi connectivity index (χ0) is 13.6. The summed E-state index contributed by atoms with van der Waals surface area (Å²) in [5.74, 6) is 1.40. The van der Waals surface area contributed by atoms with Gasteiger partial charge >= 0.3 is 0 Å². The lowest BCUT2D eigenvalue weighted by atomic mass is 9.54. The molecule has 4 unspecified atom stereocenters. The summed E-state index contributed by atoms with van der Waals surface area (Å²) in [6.07, 6.45) is 1.95. The third-order valence-electron chi connectivity index (χ3n) is 5.04. The summed E-state index contributed by atoms with van der Waals surface area (Å²) in [7, 11) is 0. The van der Waals surface area contributed by atoms with Crippen molar-refractivity contribution in [1.82, 2.24) is 5.32 Å². The fourth-order valence-corrected chi connectivity index (χ4v) is 2.89. The highest BCUT2D eigenvalue weighted by molar-refractivity contribution is 5.88. The molecule has 1 amide bonds. The smallest absolute Gasteiger partial charge is 0.240 e. The van der Waals surface area contributed by atoms with Crippen molar-refractivity contribution in [2.45, 2.75) is 52.2 Å². The average molecular weight is 254 g/mol. The van der Waals surface area contributed by atoms with E-state index in [1.54, 1.807) is 0 Å². The van der Waals surface area contributed by atoms with E-state index in [4.69, 9.17) is 10.5 Å². The van der Waals surface area contributed by atoms with Crippen molar-refractivity contribution in [3.05, 3.63) is 0 Å². The number of hydrogen-bond donors (Lipinski definition) is 2. The molecule has 0 saturated heterocycles. The molecule has 2 fully saturated rings. The molecule has 2 saturated carbocycles. The molecule has 3 N–H and O–H groups in total. The Morgan fingerprint density at radius 2 is 2.11 bits per heavy atom. The van der Waals surface area contributed by atoms with Crippen LogP contribution >= 0.6 is 0 Å². The summed E-state index contributed by atoms with van der Waals surface area (Å²) in [5.41, 5.74) is 5.23. The van der Waals surface area contributed by atoms with E-state index in [1.165, 1.54) is 6.42 Å². The second kappa shape index (κ2) is 4.49. The van der Waals surface area contributed by atoms with Crippen LogP contribution in [0.4, 0.5) is 0 Å². The van der Waals surface area contributed by atoms with E-state index in [2.05, 4.69) is 12.2 Å². The van der Waals surface area contributed by atoms with Crippen molar-refractivity contribution in [1.29, 1.82) is 0 Å². The van der Waals surface area contributed by atoms with E-state index in [0.29, 0.717) is 18.9 Å². The molecule has 0 radical (unpaired) electrons. The molecule has 0 heterocycles. The van der Waals surface area contributed by atoms with Gasteiger partial charge in [0.2, 0.25) is 5.91 Å². The van der Waals surface area contributed by atoms with Crippen LogP contribution in [0.3, 0.4) is 0 Å². The number of nitrogens with two attached hydrogens (primary N) is 1. The summed E-state index contributed by atoms with van der Waals surface area (Å²) < 4.78 is 5.63. The lowest BCUT2D eigenvalue weighted by Crippen LogP contribution is -2.75. The lowest BCUT2D eigenvalue weighted by molar-refractivity contribution is -0.170. The molecule has 0 spiro atoms. The first kappa shape index (κ1) is 13.8. The Morgan fingerprint density at radius 3 is 2.56 bits per heavy atom. The van der Waals surface area contributed by atoms with Crippen molar-refractivity contribution in [2.75, 3.05) is 13.2 Å². The molecule has 0 aromatic carbocycles. The second-order valence-electron chi connectivity index (χ2n) is 6.52. The third kappa shape index (κ3) is 2.05. The Hall–Kier alpha value is -0.610. The molecular weight excluding hydrogens is 228 g/mol. The van der Waals surface area contributed by atoms with E-state index in [9.17, 15) is 4.79 Å². The van der Waals surface area contributed by atoms with Gasteiger partial charge in [0.05, 0.1) is 6.10 Å². The maximum Gasteiger partial charge on any atom is 0.240 e. The SMILES string of the molecule is CCOC1CC(N)(C(=O)NCC2CC2C)C1(C)C. The Kier molecular flexibility index (Phi) is 3.45. The van der Waals surface area contributed by atoms with E-state index >= 15 is 0 Å². The van der Waals surface area contributed by atoms with Crippen LogP contribution in [0.5, 0.6) is 0 Å². The van der Waals surface area contributed by atoms with Gasteiger partial charge in [-0.3, -0.25) is 4.79 Å². The minimum Gasteiger partial charge on any atom is -0.378 e. The van der Waals surface area contributed by atoms with Crippen molar-refractivity contribution < 1.29 is 9.53 Å². The van der Waals surface area contributed by atoms with E-state index in [1.807, 2.05) is 20.8 Å². The lowest BCUT2D eigenvalue weighted by Gasteiger charge is -2.57. The summed E-state index contributed by atoms with van der Waals surface area (Å²) in [5, 5.41) is 3.02. The molecule has 18 heavy (non-hydrogen) atoms. The summed E-state index contributed by atoms with van der Waals surface area (Å²) in [4.78, 5) is 12.3.